The van der Waals surface area contributed by atoms with Crippen molar-refractivity contribution < 1.29 is 0 Å². The zero-order valence-corrected chi connectivity index (χ0v) is 10.4. The molecule has 3 heteroatoms. The Bertz CT molecular complexity index is 375. The maximum atomic E-state index is 3.72. The molecule has 1 unspecified atom stereocenters. The first-order chi connectivity index (χ1) is 6.29. The molecule has 2 rings (SSSR count). The van der Waals surface area contributed by atoms with E-state index in [-0.39, 0.29) is 0 Å². The highest BCUT2D eigenvalue weighted by Gasteiger charge is 2.13. The Hall–Kier alpha value is -0.120. The van der Waals surface area contributed by atoms with Gasteiger partial charge >= 0.3 is 0 Å². The lowest BCUT2D eigenvalue weighted by Gasteiger charge is -2.06. The third kappa shape index (κ3) is 1.87. The van der Waals surface area contributed by atoms with Crippen molar-refractivity contribution in [1.82, 2.24) is 0 Å². The SMILES string of the molecule is Cc1cscc1C(Br)c1cccs1. The molecule has 2 aromatic heterocycles. The molecule has 0 aliphatic heterocycles. The lowest BCUT2D eigenvalue weighted by molar-refractivity contribution is 1.21. The van der Waals surface area contributed by atoms with Crippen LogP contribution in [0, 0.1) is 6.92 Å². The predicted octanol–water partition coefficient (Wildman–Crippen LogP) is 4.60. The molecule has 13 heavy (non-hydrogen) atoms. The van der Waals surface area contributed by atoms with E-state index >= 15 is 0 Å². The van der Waals surface area contributed by atoms with Crippen molar-refractivity contribution in [1.29, 1.82) is 0 Å². The van der Waals surface area contributed by atoms with E-state index in [9.17, 15) is 0 Å². The van der Waals surface area contributed by atoms with Gasteiger partial charge in [0.2, 0.25) is 0 Å². The summed E-state index contributed by atoms with van der Waals surface area (Å²) in [5, 5.41) is 6.52. The second-order valence-corrected chi connectivity index (χ2v) is 5.53. The van der Waals surface area contributed by atoms with Crippen LogP contribution in [-0.4, -0.2) is 0 Å². The van der Waals surface area contributed by atoms with Crippen LogP contribution in [0.5, 0.6) is 0 Å². The Morgan fingerprint density at radius 1 is 1.38 bits per heavy atom. The van der Waals surface area contributed by atoms with Gasteiger partial charge in [-0.15, -0.1) is 11.3 Å². The molecule has 0 aliphatic carbocycles. The zero-order valence-electron chi connectivity index (χ0n) is 7.16. The summed E-state index contributed by atoms with van der Waals surface area (Å²) in [7, 11) is 0. The van der Waals surface area contributed by atoms with Gasteiger partial charge in [0.25, 0.3) is 0 Å². The van der Waals surface area contributed by atoms with E-state index in [1.165, 1.54) is 16.0 Å². The summed E-state index contributed by atoms with van der Waals surface area (Å²) in [5.74, 6) is 0. The molecule has 68 valence electrons. The van der Waals surface area contributed by atoms with Crippen LogP contribution in [0.1, 0.15) is 20.8 Å². The van der Waals surface area contributed by atoms with Crippen LogP contribution in [-0.2, 0) is 0 Å². The number of hydrogen-bond donors (Lipinski definition) is 0. The summed E-state index contributed by atoms with van der Waals surface area (Å²) in [6, 6.07) is 4.26. The van der Waals surface area contributed by atoms with Gasteiger partial charge in [-0.3, -0.25) is 0 Å². The van der Waals surface area contributed by atoms with Crippen LogP contribution >= 0.6 is 38.6 Å². The third-order valence-corrected chi connectivity index (χ3v) is 5.07. The molecule has 0 aromatic carbocycles. The lowest BCUT2D eigenvalue weighted by Crippen LogP contribution is -1.88. The molecule has 0 bridgehead atoms. The summed E-state index contributed by atoms with van der Waals surface area (Å²) in [4.78, 5) is 1.75. The summed E-state index contributed by atoms with van der Waals surface area (Å²) >= 11 is 7.28. The Kier molecular flexibility index (Phi) is 2.86. The molecule has 0 N–H and O–H groups in total. The Morgan fingerprint density at radius 2 is 2.23 bits per heavy atom. The number of aryl methyl sites for hydroxylation is 1. The number of thiophene rings is 2. The molecule has 0 saturated carbocycles. The molecular weight excluding hydrogens is 264 g/mol. The van der Waals surface area contributed by atoms with Gasteiger partial charge in [0.1, 0.15) is 0 Å². The largest absolute Gasteiger partial charge is 0.152 e. The van der Waals surface area contributed by atoms with Gasteiger partial charge in [-0.25, -0.2) is 0 Å². The van der Waals surface area contributed by atoms with Gasteiger partial charge in [-0.2, -0.15) is 11.3 Å². The number of hydrogen-bond acceptors (Lipinski definition) is 2. The molecule has 0 amide bonds. The topological polar surface area (TPSA) is 0 Å². The number of alkyl halides is 1. The molecule has 2 heterocycles. The highest BCUT2D eigenvalue weighted by atomic mass is 79.9. The Balaban J connectivity index is 2.33. The molecule has 1 atom stereocenters. The van der Waals surface area contributed by atoms with E-state index in [2.05, 4.69) is 51.1 Å². The van der Waals surface area contributed by atoms with Crippen molar-refractivity contribution in [3.63, 3.8) is 0 Å². The average Bonchev–Trinajstić information content (AvgIpc) is 2.72. The molecule has 0 saturated heterocycles. The highest BCUT2D eigenvalue weighted by molar-refractivity contribution is 9.09. The fraction of sp³-hybridized carbons (Fsp3) is 0.200. The molecule has 0 nitrogen and oxygen atoms in total. The molecule has 0 fully saturated rings. The Morgan fingerprint density at radius 3 is 2.77 bits per heavy atom. The van der Waals surface area contributed by atoms with Gasteiger partial charge in [-0.05, 0) is 40.3 Å². The standard InChI is InChI=1S/C10H9BrS2/c1-7-5-12-6-8(7)10(11)9-3-2-4-13-9/h2-6,10H,1H3. The summed E-state index contributed by atoms with van der Waals surface area (Å²) in [6.45, 7) is 2.16. The first-order valence-corrected chi connectivity index (χ1v) is 6.73. The second kappa shape index (κ2) is 3.95. The van der Waals surface area contributed by atoms with E-state index < -0.39 is 0 Å². The number of halogens is 1. The van der Waals surface area contributed by atoms with Crippen molar-refractivity contribution >= 4 is 38.6 Å². The van der Waals surface area contributed by atoms with Crippen molar-refractivity contribution in [2.45, 2.75) is 11.8 Å². The summed E-state index contributed by atoms with van der Waals surface area (Å²) in [5.41, 5.74) is 2.77. The maximum absolute atomic E-state index is 3.72. The van der Waals surface area contributed by atoms with Crippen LogP contribution in [0.4, 0.5) is 0 Å². The van der Waals surface area contributed by atoms with E-state index in [1.54, 1.807) is 22.7 Å². The zero-order chi connectivity index (χ0) is 9.26. The summed E-state index contributed by atoms with van der Waals surface area (Å²) < 4.78 is 0. The quantitative estimate of drug-likeness (QED) is 0.701. The minimum Gasteiger partial charge on any atom is -0.152 e. The van der Waals surface area contributed by atoms with E-state index in [1.807, 2.05) is 0 Å². The third-order valence-electron chi connectivity index (χ3n) is 1.96. The maximum Gasteiger partial charge on any atom is 0.0748 e. The molecule has 2 aromatic rings. The number of rotatable bonds is 2. The first-order valence-electron chi connectivity index (χ1n) is 3.99. The van der Waals surface area contributed by atoms with E-state index in [0.717, 1.165) is 0 Å². The molecule has 0 aliphatic rings. The van der Waals surface area contributed by atoms with Crippen molar-refractivity contribution in [3.8, 4) is 0 Å². The monoisotopic (exact) mass is 272 g/mol. The fourth-order valence-corrected chi connectivity index (χ4v) is 3.96. The van der Waals surface area contributed by atoms with Crippen molar-refractivity contribution in [2.24, 2.45) is 0 Å². The van der Waals surface area contributed by atoms with Gasteiger partial charge in [-0.1, -0.05) is 22.0 Å². The Labute approximate surface area is 94.4 Å². The average molecular weight is 273 g/mol. The van der Waals surface area contributed by atoms with Crippen LogP contribution < -0.4 is 0 Å². The minimum atomic E-state index is 0.374. The molecule has 0 radical (unpaired) electrons. The van der Waals surface area contributed by atoms with Crippen LogP contribution in [0.15, 0.2) is 28.3 Å². The molecule has 0 spiro atoms. The lowest BCUT2D eigenvalue weighted by atomic mass is 10.1. The predicted molar refractivity (Wildman–Crippen MR) is 64.1 cm³/mol. The fourth-order valence-electron chi connectivity index (χ4n) is 1.22. The summed E-state index contributed by atoms with van der Waals surface area (Å²) in [6.07, 6.45) is 0. The minimum absolute atomic E-state index is 0.374. The van der Waals surface area contributed by atoms with Crippen LogP contribution in [0.2, 0.25) is 0 Å². The normalized spacial score (nSPS) is 13.1. The first kappa shape index (κ1) is 9.44. The van der Waals surface area contributed by atoms with Gasteiger partial charge in [0.05, 0.1) is 4.83 Å². The van der Waals surface area contributed by atoms with Gasteiger partial charge in [0, 0.05) is 4.88 Å². The van der Waals surface area contributed by atoms with Crippen molar-refractivity contribution in [3.05, 3.63) is 44.3 Å². The highest BCUT2D eigenvalue weighted by Crippen LogP contribution is 2.36. The smallest absolute Gasteiger partial charge is 0.0748 e. The van der Waals surface area contributed by atoms with Crippen LogP contribution in [0.3, 0.4) is 0 Å². The van der Waals surface area contributed by atoms with E-state index in [4.69, 9.17) is 0 Å². The second-order valence-electron chi connectivity index (χ2n) is 2.89. The molecular formula is C10H9BrS2. The van der Waals surface area contributed by atoms with E-state index in [0.29, 0.717) is 4.83 Å². The van der Waals surface area contributed by atoms with Gasteiger partial charge in [0.15, 0.2) is 0 Å². The van der Waals surface area contributed by atoms with Gasteiger partial charge < -0.3 is 0 Å². The van der Waals surface area contributed by atoms with Crippen molar-refractivity contribution in [2.75, 3.05) is 0 Å². The van der Waals surface area contributed by atoms with Crippen LogP contribution in [0.25, 0.3) is 0 Å².